The molecule has 0 N–H and O–H groups in total. The maximum atomic E-state index is 10.6. The van der Waals surface area contributed by atoms with E-state index in [-0.39, 0.29) is 48.9 Å². The molecule has 2 aromatic carbocycles. The van der Waals surface area contributed by atoms with Gasteiger partial charge in [-0.05, 0) is 36.4 Å². The Bertz CT molecular complexity index is 608. The molecule has 0 aromatic heterocycles. The van der Waals surface area contributed by atoms with Crippen LogP contribution in [0.4, 0.5) is 0 Å². The Hall–Kier alpha value is -0.860. The first-order valence-corrected chi connectivity index (χ1v) is 6.43. The second-order valence-corrected chi connectivity index (χ2v) is 4.64. The molecule has 116 valence electrons. The minimum Gasteiger partial charge on any atom is -0.661 e. The van der Waals surface area contributed by atoms with E-state index < -0.39 is 11.9 Å². The van der Waals surface area contributed by atoms with Crippen LogP contribution in [0.1, 0.15) is 20.7 Å². The minimum atomic E-state index is -0.924. The number of hydrogen-bond donors (Lipinski definition) is 0. The summed E-state index contributed by atoms with van der Waals surface area (Å²) >= 11 is 11.1. The third-order valence-electron chi connectivity index (χ3n) is 2.27. The van der Waals surface area contributed by atoms with Gasteiger partial charge in [0, 0.05) is 10.0 Å². The fourth-order valence-corrected chi connectivity index (χ4v) is 1.71. The zero-order valence-corrected chi connectivity index (χ0v) is 15.3. The van der Waals surface area contributed by atoms with Gasteiger partial charge in [-0.15, -0.1) is 0 Å². The molecule has 0 fully saturated rings. The van der Waals surface area contributed by atoms with Crippen molar-refractivity contribution < 1.29 is 29.9 Å². The van der Waals surface area contributed by atoms with Crippen molar-refractivity contribution in [2.75, 3.05) is 0 Å². The van der Waals surface area contributed by atoms with Crippen molar-refractivity contribution in [3.63, 3.8) is 0 Å². The van der Waals surface area contributed by atoms with E-state index in [9.17, 15) is 20.1 Å². The number of rotatable bonds is 2. The molecular formula is C14H8CaCl2O6. The standard InChI is InChI=1S/2C7H5ClO3.Ca/c2*8-6-3-1-2-5(4-6)7(9)11-10;/h2*1-4,10H;/q;;+2/p-2. The second kappa shape index (κ2) is 11.6. The zero-order chi connectivity index (χ0) is 16.5. The van der Waals surface area contributed by atoms with Gasteiger partial charge in [-0.3, -0.25) is 0 Å². The SMILES string of the molecule is O=C(O[O-])c1cccc(Cl)c1.O=C(O[O-])c1cccc(Cl)c1.[Ca+2]. The van der Waals surface area contributed by atoms with Gasteiger partial charge in [-0.25, -0.2) is 9.59 Å². The van der Waals surface area contributed by atoms with Crippen molar-refractivity contribution in [1.29, 1.82) is 0 Å². The quantitative estimate of drug-likeness (QED) is 0.439. The molecule has 0 aliphatic rings. The molecule has 6 nitrogen and oxygen atoms in total. The van der Waals surface area contributed by atoms with Gasteiger partial charge in [-0.1, -0.05) is 35.3 Å². The molecule has 9 heteroatoms. The summed E-state index contributed by atoms with van der Waals surface area (Å²) < 4.78 is 0. The van der Waals surface area contributed by atoms with E-state index in [2.05, 4.69) is 9.78 Å². The van der Waals surface area contributed by atoms with Crippen molar-refractivity contribution in [3.8, 4) is 0 Å². The summed E-state index contributed by atoms with van der Waals surface area (Å²) in [6, 6.07) is 12.0. The van der Waals surface area contributed by atoms with E-state index in [0.29, 0.717) is 10.0 Å². The van der Waals surface area contributed by atoms with E-state index in [1.165, 1.54) is 24.3 Å². The van der Waals surface area contributed by atoms with Gasteiger partial charge >= 0.3 is 49.7 Å². The first kappa shape index (κ1) is 22.1. The number of carbonyl (C=O) groups is 2. The van der Waals surface area contributed by atoms with E-state index in [1.807, 2.05) is 0 Å². The van der Waals surface area contributed by atoms with Crippen LogP contribution < -0.4 is 10.5 Å². The van der Waals surface area contributed by atoms with Crippen molar-refractivity contribution in [1.82, 2.24) is 0 Å². The van der Waals surface area contributed by atoms with E-state index in [0.717, 1.165) is 0 Å². The Labute approximate surface area is 171 Å². The van der Waals surface area contributed by atoms with Crippen LogP contribution >= 0.6 is 23.2 Å². The molecule has 0 atom stereocenters. The fourth-order valence-electron chi connectivity index (χ4n) is 1.33. The molecule has 0 radical (unpaired) electrons. The van der Waals surface area contributed by atoms with Gasteiger partial charge < -0.3 is 20.3 Å². The fraction of sp³-hybridized carbons (Fsp3) is 0. The largest absolute Gasteiger partial charge is 2.00 e. The summed E-state index contributed by atoms with van der Waals surface area (Å²) in [7, 11) is 0. The summed E-state index contributed by atoms with van der Waals surface area (Å²) in [5.41, 5.74) is 0.319. The van der Waals surface area contributed by atoms with Gasteiger partial charge in [0.05, 0.1) is 11.1 Å². The Morgan fingerprint density at radius 3 is 1.39 bits per heavy atom. The molecule has 2 rings (SSSR count). The predicted molar refractivity (Wildman–Crippen MR) is 79.5 cm³/mol. The van der Waals surface area contributed by atoms with Crippen LogP contribution in [-0.4, -0.2) is 49.7 Å². The van der Waals surface area contributed by atoms with E-state index in [4.69, 9.17) is 23.2 Å². The topological polar surface area (TPSA) is 98.7 Å². The third kappa shape index (κ3) is 7.99. The zero-order valence-electron chi connectivity index (χ0n) is 11.5. The summed E-state index contributed by atoms with van der Waals surface area (Å²) in [6.45, 7) is 0. The number of halogens is 2. The Morgan fingerprint density at radius 1 is 0.783 bits per heavy atom. The maximum Gasteiger partial charge on any atom is 2.00 e. The van der Waals surface area contributed by atoms with Crippen LogP contribution in [-0.2, 0) is 9.78 Å². The monoisotopic (exact) mass is 382 g/mol. The van der Waals surface area contributed by atoms with Crippen LogP contribution in [0, 0.1) is 0 Å². The summed E-state index contributed by atoms with van der Waals surface area (Å²) in [4.78, 5) is 27.6. The molecular weight excluding hydrogens is 375 g/mol. The third-order valence-corrected chi connectivity index (χ3v) is 2.74. The Morgan fingerprint density at radius 2 is 1.13 bits per heavy atom. The van der Waals surface area contributed by atoms with Crippen molar-refractivity contribution in [2.45, 2.75) is 0 Å². The molecule has 0 aliphatic carbocycles. The minimum absolute atomic E-state index is 0. The van der Waals surface area contributed by atoms with Crippen LogP contribution in [0.2, 0.25) is 10.0 Å². The molecule has 0 heterocycles. The van der Waals surface area contributed by atoms with Crippen molar-refractivity contribution in [2.24, 2.45) is 0 Å². The average molecular weight is 383 g/mol. The average Bonchev–Trinajstić information content (AvgIpc) is 2.54. The molecule has 0 saturated heterocycles. The first-order chi connectivity index (χ1) is 10.5. The number of carbonyl (C=O) groups excluding carboxylic acids is 2. The molecule has 0 unspecified atom stereocenters. The summed E-state index contributed by atoms with van der Waals surface area (Å²) in [5.74, 6) is -1.85. The molecule has 2 aromatic rings. The molecule has 0 aliphatic heterocycles. The molecule has 0 spiro atoms. The van der Waals surface area contributed by atoms with Crippen molar-refractivity contribution in [3.05, 3.63) is 69.7 Å². The molecule has 0 amide bonds. The molecule has 0 saturated carbocycles. The number of benzene rings is 2. The Kier molecular flexibility index (Phi) is 11.2. The van der Waals surface area contributed by atoms with Gasteiger partial charge in [0.2, 0.25) is 0 Å². The van der Waals surface area contributed by atoms with Crippen LogP contribution in [0.5, 0.6) is 0 Å². The summed E-state index contributed by atoms with van der Waals surface area (Å²) in [6.07, 6.45) is 0. The smallest absolute Gasteiger partial charge is 0.661 e. The first-order valence-electron chi connectivity index (χ1n) is 5.67. The van der Waals surface area contributed by atoms with Crippen LogP contribution in [0.15, 0.2) is 48.5 Å². The van der Waals surface area contributed by atoms with Gasteiger partial charge in [-0.2, -0.15) is 0 Å². The molecule has 0 bridgehead atoms. The van der Waals surface area contributed by atoms with E-state index in [1.54, 1.807) is 24.3 Å². The predicted octanol–water partition coefficient (Wildman–Crippen LogP) is 1.16. The van der Waals surface area contributed by atoms with Gasteiger partial charge in [0.1, 0.15) is 0 Å². The summed E-state index contributed by atoms with van der Waals surface area (Å²) in [5, 5.41) is 20.1. The van der Waals surface area contributed by atoms with Gasteiger partial charge in [0.25, 0.3) is 0 Å². The number of hydrogen-bond acceptors (Lipinski definition) is 6. The Balaban J connectivity index is 0.000000403. The van der Waals surface area contributed by atoms with Crippen LogP contribution in [0.25, 0.3) is 0 Å². The van der Waals surface area contributed by atoms with Crippen molar-refractivity contribution >= 4 is 72.9 Å². The van der Waals surface area contributed by atoms with Gasteiger partial charge in [0.15, 0.2) is 0 Å². The molecule has 23 heavy (non-hydrogen) atoms. The second-order valence-electron chi connectivity index (χ2n) is 3.76. The normalized spacial score (nSPS) is 8.87. The van der Waals surface area contributed by atoms with E-state index >= 15 is 0 Å². The maximum absolute atomic E-state index is 10.6. The van der Waals surface area contributed by atoms with Crippen LogP contribution in [0.3, 0.4) is 0 Å².